The summed E-state index contributed by atoms with van der Waals surface area (Å²) in [6.07, 6.45) is -0.675. The van der Waals surface area contributed by atoms with E-state index in [2.05, 4.69) is 59.9 Å². The third kappa shape index (κ3) is 8.88. The van der Waals surface area contributed by atoms with Crippen LogP contribution in [0.1, 0.15) is 51.1 Å². The van der Waals surface area contributed by atoms with E-state index < -0.39 is 23.6 Å². The minimum atomic E-state index is -4.54. The molecule has 326 valence electrons. The number of fused-ring (bicyclic) bond motifs is 2. The molecule has 0 aliphatic carbocycles. The molecule has 5 aromatic rings. The summed E-state index contributed by atoms with van der Waals surface area (Å²) in [5, 5.41) is 13.1. The Morgan fingerprint density at radius 2 is 1.48 bits per heavy atom. The van der Waals surface area contributed by atoms with E-state index in [4.69, 9.17) is 10.8 Å². The topological polar surface area (TPSA) is 174 Å². The minimum absolute atomic E-state index is 0.0263. The second-order valence-electron chi connectivity index (χ2n) is 16.3. The van der Waals surface area contributed by atoms with Crippen molar-refractivity contribution < 1.29 is 32.3 Å². The van der Waals surface area contributed by atoms with Crippen LogP contribution in [0.15, 0.2) is 85.1 Å². The average molecular weight is 862 g/mol. The summed E-state index contributed by atoms with van der Waals surface area (Å²) in [4.78, 5) is 62.3. The van der Waals surface area contributed by atoms with Crippen molar-refractivity contribution in [3.8, 4) is 11.3 Å². The number of benzene rings is 3. The molecule has 6 heterocycles. The van der Waals surface area contributed by atoms with E-state index in [9.17, 15) is 32.3 Å². The Morgan fingerprint density at radius 3 is 2.14 bits per heavy atom. The molecule has 0 saturated carbocycles. The van der Waals surface area contributed by atoms with Crippen LogP contribution < -0.4 is 36.4 Å². The maximum atomic E-state index is 12.9. The monoisotopic (exact) mass is 861 g/mol. The molecule has 0 unspecified atom stereocenters. The zero-order valence-corrected chi connectivity index (χ0v) is 34.3. The molecule has 4 aliphatic heterocycles. The van der Waals surface area contributed by atoms with Crippen molar-refractivity contribution in [1.29, 1.82) is 0 Å². The number of rotatable bonds is 9. The number of halogens is 3. The summed E-state index contributed by atoms with van der Waals surface area (Å²) >= 11 is 0. The largest absolute Gasteiger partial charge is 0.417 e. The first kappa shape index (κ1) is 41.4. The number of imide groups is 1. The molecule has 0 atom stereocenters. The van der Waals surface area contributed by atoms with Crippen LogP contribution >= 0.6 is 0 Å². The van der Waals surface area contributed by atoms with Gasteiger partial charge in [-0.2, -0.15) is 18.3 Å². The van der Waals surface area contributed by atoms with Crippen molar-refractivity contribution >= 4 is 58.1 Å². The van der Waals surface area contributed by atoms with Crippen molar-refractivity contribution in [3.63, 3.8) is 0 Å². The number of carbonyl (C=O) groups excluding carboxylic acids is 4. The lowest BCUT2D eigenvalue weighted by Gasteiger charge is -2.40. The number of aromatic nitrogens is 3. The highest BCUT2D eigenvalue weighted by Gasteiger charge is 2.32. The first-order chi connectivity index (χ1) is 30.4. The molecule has 9 rings (SSSR count). The lowest BCUT2D eigenvalue weighted by Crippen LogP contribution is -2.49. The average Bonchev–Trinajstić information content (AvgIpc) is 3.55. The number of carbonyl (C=O) groups is 4. The number of piperidine rings is 1. The Kier molecular flexibility index (Phi) is 11.2. The second-order valence-corrected chi connectivity index (χ2v) is 16.3. The second kappa shape index (κ2) is 17.1. The minimum Gasteiger partial charge on any atom is -0.372 e. The lowest BCUT2D eigenvalue weighted by molar-refractivity contribution is -0.137. The Hall–Kier alpha value is -6.95. The standard InChI is InChI=1S/C45H46F3N11O4/c46-45(47,48)32-5-12-37(50-26-32)52-43(62)30-3-1-29(2-4-30)40-39(41(49)61)42-51-36-11-10-35(25-31(36)15-20-59(42)54-40)57-23-21-55(22-24-57)27-28-13-17-56(18-14-28)33-6-8-34(9-7-33)58-19-16-38(60)53-44(58)63/h1-12,25-26,28,51H,13-24,27H2,(H2,49,61)(H,50,52,62)(H,53,60,63). The summed E-state index contributed by atoms with van der Waals surface area (Å²) in [6.45, 7) is 7.74. The molecule has 5 N–H and O–H groups in total. The Balaban J connectivity index is 0.777. The fourth-order valence-electron chi connectivity index (χ4n) is 8.83. The molecule has 4 aliphatic rings. The van der Waals surface area contributed by atoms with E-state index in [-0.39, 0.29) is 28.9 Å². The number of hydrogen-bond acceptors (Lipinski definition) is 10. The van der Waals surface area contributed by atoms with Crippen LogP contribution in [-0.2, 0) is 23.9 Å². The van der Waals surface area contributed by atoms with Gasteiger partial charge in [0.15, 0.2) is 0 Å². The summed E-state index contributed by atoms with van der Waals surface area (Å²) < 4.78 is 40.5. The molecule has 0 spiro atoms. The highest BCUT2D eigenvalue weighted by molar-refractivity contribution is 6.07. The number of amides is 5. The van der Waals surface area contributed by atoms with Crippen molar-refractivity contribution in [1.82, 2.24) is 25.0 Å². The smallest absolute Gasteiger partial charge is 0.372 e. The molecule has 15 nitrogen and oxygen atoms in total. The van der Waals surface area contributed by atoms with Crippen LogP contribution in [0.25, 0.3) is 11.3 Å². The maximum Gasteiger partial charge on any atom is 0.417 e. The van der Waals surface area contributed by atoms with Gasteiger partial charge in [0.2, 0.25) is 5.91 Å². The van der Waals surface area contributed by atoms with Gasteiger partial charge in [-0.15, -0.1) is 0 Å². The first-order valence-corrected chi connectivity index (χ1v) is 21.1. The van der Waals surface area contributed by atoms with Crippen LogP contribution in [0.4, 0.5) is 52.4 Å². The third-order valence-electron chi connectivity index (χ3n) is 12.3. The van der Waals surface area contributed by atoms with E-state index in [1.54, 1.807) is 21.7 Å². The Bertz CT molecular complexity index is 2530. The quantitative estimate of drug-likeness (QED) is 0.136. The molecule has 0 bridgehead atoms. The van der Waals surface area contributed by atoms with Crippen LogP contribution in [0.2, 0.25) is 0 Å². The Morgan fingerprint density at radius 1 is 0.778 bits per heavy atom. The summed E-state index contributed by atoms with van der Waals surface area (Å²) in [6, 6.07) is 22.3. The number of piperazine rings is 1. The van der Waals surface area contributed by atoms with Gasteiger partial charge in [0.1, 0.15) is 22.9 Å². The van der Waals surface area contributed by atoms with Gasteiger partial charge in [-0.3, -0.25) is 29.5 Å². The number of aryl methyl sites for hydroxylation is 2. The molecule has 3 saturated heterocycles. The predicted molar refractivity (Wildman–Crippen MR) is 232 cm³/mol. The normalized spacial score (nSPS) is 17.3. The molecular formula is C45H46F3N11O4. The molecule has 5 amide bonds. The number of anilines is 6. The van der Waals surface area contributed by atoms with Crippen molar-refractivity contribution in [2.45, 2.75) is 38.4 Å². The van der Waals surface area contributed by atoms with Crippen molar-refractivity contribution in [3.05, 3.63) is 107 Å². The van der Waals surface area contributed by atoms with E-state index in [0.717, 1.165) is 99.1 Å². The van der Waals surface area contributed by atoms with Gasteiger partial charge in [-0.25, -0.2) is 14.5 Å². The molecule has 0 radical (unpaired) electrons. The number of alkyl halides is 3. The lowest BCUT2D eigenvalue weighted by atomic mass is 9.95. The molecular weight excluding hydrogens is 816 g/mol. The molecule has 3 aromatic carbocycles. The van der Waals surface area contributed by atoms with E-state index in [0.29, 0.717) is 55.1 Å². The summed E-state index contributed by atoms with van der Waals surface area (Å²) in [5.74, 6) is -0.371. The fourth-order valence-corrected chi connectivity index (χ4v) is 8.83. The van der Waals surface area contributed by atoms with Gasteiger partial charge in [-0.1, -0.05) is 12.1 Å². The SMILES string of the molecule is NC(=O)c1c(-c2ccc(C(=O)Nc3ccc(C(F)(F)F)cn3)cc2)nn2c1Nc1ccc(N3CCN(CC4CCN(c5ccc(N6CCC(=O)NC6=O)cc5)CC4)CC3)cc1CC2. The van der Waals surface area contributed by atoms with Crippen molar-refractivity contribution in [2.75, 3.05) is 77.7 Å². The van der Waals surface area contributed by atoms with Crippen LogP contribution in [0.3, 0.4) is 0 Å². The number of urea groups is 1. The maximum absolute atomic E-state index is 12.9. The molecule has 18 heteroatoms. The highest BCUT2D eigenvalue weighted by Crippen LogP contribution is 2.37. The Labute approximate surface area is 361 Å². The van der Waals surface area contributed by atoms with Gasteiger partial charge >= 0.3 is 12.2 Å². The van der Waals surface area contributed by atoms with Gasteiger partial charge in [0.05, 0.1) is 5.56 Å². The number of nitrogens with two attached hydrogens (primary N) is 1. The van der Waals surface area contributed by atoms with E-state index in [1.807, 2.05) is 18.2 Å². The van der Waals surface area contributed by atoms with E-state index >= 15 is 0 Å². The number of hydrogen-bond donors (Lipinski definition) is 4. The first-order valence-electron chi connectivity index (χ1n) is 21.1. The predicted octanol–water partition coefficient (Wildman–Crippen LogP) is 6.10. The number of nitrogens with one attached hydrogen (secondary N) is 3. The van der Waals surface area contributed by atoms with Crippen molar-refractivity contribution in [2.24, 2.45) is 11.7 Å². The molecule has 63 heavy (non-hydrogen) atoms. The highest BCUT2D eigenvalue weighted by atomic mass is 19.4. The summed E-state index contributed by atoms with van der Waals surface area (Å²) in [5.41, 5.74) is 11.5. The van der Waals surface area contributed by atoms with Gasteiger partial charge in [0.25, 0.3) is 11.8 Å². The van der Waals surface area contributed by atoms with E-state index in [1.165, 1.54) is 12.1 Å². The number of nitrogens with zero attached hydrogens (tertiary/aromatic N) is 7. The van der Waals surface area contributed by atoms with Gasteiger partial charge < -0.3 is 26.2 Å². The summed E-state index contributed by atoms with van der Waals surface area (Å²) in [7, 11) is 0. The third-order valence-corrected chi connectivity index (χ3v) is 12.3. The van der Waals surface area contributed by atoms with Crippen LogP contribution in [0, 0.1) is 5.92 Å². The van der Waals surface area contributed by atoms with Crippen LogP contribution in [0.5, 0.6) is 0 Å². The zero-order chi connectivity index (χ0) is 43.8. The number of primary amides is 1. The zero-order valence-electron chi connectivity index (χ0n) is 34.3. The fraction of sp³-hybridized carbons (Fsp3) is 0.333. The van der Waals surface area contributed by atoms with Gasteiger partial charge in [-0.05, 0) is 97.5 Å². The van der Waals surface area contributed by atoms with Gasteiger partial charge in [0, 0.05) is 105 Å². The molecule has 2 aromatic heterocycles. The number of pyridine rings is 1. The molecule has 3 fully saturated rings. The van der Waals surface area contributed by atoms with Crippen LogP contribution in [-0.4, -0.2) is 95.8 Å².